The van der Waals surface area contributed by atoms with Crippen LogP contribution in [0, 0.1) is 0 Å². The molecule has 0 aromatic rings. The van der Waals surface area contributed by atoms with Crippen molar-refractivity contribution in [3.05, 3.63) is 21.8 Å². The van der Waals surface area contributed by atoms with E-state index in [1.165, 1.54) is 5.57 Å². The van der Waals surface area contributed by atoms with Crippen molar-refractivity contribution in [2.24, 2.45) is 0 Å². The fraction of sp³-hybridized carbons (Fsp3) is 0.500. The zero-order valence-electron chi connectivity index (χ0n) is 6.01. The maximum atomic E-state index is 5.42. The van der Waals surface area contributed by atoms with Crippen LogP contribution in [0.5, 0.6) is 0 Å². The lowest BCUT2D eigenvalue weighted by Crippen LogP contribution is -2.14. The van der Waals surface area contributed by atoms with Crippen LogP contribution < -0.4 is 0 Å². The Kier molecular flexibility index (Phi) is 3.42. The molecule has 0 unspecified atom stereocenters. The van der Waals surface area contributed by atoms with Gasteiger partial charge in [-0.05, 0) is 23.5 Å². The molecule has 0 spiro atoms. The summed E-state index contributed by atoms with van der Waals surface area (Å²) >= 11 is 2.22. The van der Waals surface area contributed by atoms with E-state index in [0.717, 1.165) is 13.0 Å². The second kappa shape index (κ2) is 4.13. The molecule has 0 saturated heterocycles. The maximum Gasteiger partial charge on any atom is 0.0804 e. The van der Waals surface area contributed by atoms with Gasteiger partial charge in [0.05, 0.1) is 12.7 Å². The molecule has 56 valence electrons. The predicted molar refractivity (Wildman–Crippen MR) is 51.3 cm³/mol. The van der Waals surface area contributed by atoms with Crippen molar-refractivity contribution in [3.63, 3.8) is 0 Å². The topological polar surface area (TPSA) is 9.23 Å². The molecule has 0 aromatic heterocycles. The Morgan fingerprint density at radius 3 is 3.20 bits per heavy atom. The Morgan fingerprint density at radius 2 is 2.60 bits per heavy atom. The minimum Gasteiger partial charge on any atom is -0.370 e. The third-order valence-electron chi connectivity index (χ3n) is 1.55. The predicted octanol–water partition coefficient (Wildman–Crippen LogP) is 2.67. The molecule has 0 aromatic carbocycles. The van der Waals surface area contributed by atoms with Crippen LogP contribution in [0.3, 0.4) is 0 Å². The fourth-order valence-electron chi connectivity index (χ4n) is 0.978. The molecule has 0 radical (unpaired) electrons. The SMILES string of the molecule is CC1=CCO[C@H](C=CI)C1. The molecule has 1 rings (SSSR count). The Balaban J connectivity index is 2.45. The first-order valence-corrected chi connectivity index (χ1v) is 4.61. The van der Waals surface area contributed by atoms with Crippen LogP contribution in [0.2, 0.25) is 0 Å². The number of halogens is 1. The molecule has 1 heterocycles. The molecule has 1 aliphatic rings. The molecule has 0 bridgehead atoms. The number of hydrogen-bond donors (Lipinski definition) is 0. The average molecular weight is 250 g/mol. The minimum absolute atomic E-state index is 0.321. The van der Waals surface area contributed by atoms with Gasteiger partial charge in [-0.15, -0.1) is 0 Å². The molecule has 10 heavy (non-hydrogen) atoms. The van der Waals surface area contributed by atoms with E-state index < -0.39 is 0 Å². The summed E-state index contributed by atoms with van der Waals surface area (Å²) in [7, 11) is 0. The summed E-state index contributed by atoms with van der Waals surface area (Å²) in [6.07, 6.45) is 5.61. The lowest BCUT2D eigenvalue weighted by atomic mass is 10.1. The molecule has 0 N–H and O–H groups in total. The van der Waals surface area contributed by atoms with Gasteiger partial charge in [0.2, 0.25) is 0 Å². The van der Waals surface area contributed by atoms with Crippen LogP contribution in [-0.2, 0) is 4.74 Å². The molecule has 2 heteroatoms. The normalized spacial score (nSPS) is 27.0. The summed E-state index contributed by atoms with van der Waals surface area (Å²) in [6.45, 7) is 2.92. The largest absolute Gasteiger partial charge is 0.370 e. The quantitative estimate of drug-likeness (QED) is 0.513. The van der Waals surface area contributed by atoms with Crippen molar-refractivity contribution in [1.82, 2.24) is 0 Å². The Bertz CT molecular complexity index is 161. The highest BCUT2D eigenvalue weighted by molar-refractivity contribution is 14.1. The summed E-state index contributed by atoms with van der Waals surface area (Å²) < 4.78 is 7.44. The van der Waals surface area contributed by atoms with E-state index in [0.29, 0.717) is 6.10 Å². The summed E-state index contributed by atoms with van der Waals surface area (Å²) in [6, 6.07) is 0. The van der Waals surface area contributed by atoms with Gasteiger partial charge in [-0.3, -0.25) is 0 Å². The summed E-state index contributed by atoms with van der Waals surface area (Å²) in [5.74, 6) is 0. The van der Waals surface area contributed by atoms with Crippen LogP contribution in [-0.4, -0.2) is 12.7 Å². The van der Waals surface area contributed by atoms with Gasteiger partial charge in [-0.25, -0.2) is 0 Å². The Labute approximate surface area is 75.3 Å². The van der Waals surface area contributed by atoms with Crippen molar-refractivity contribution < 1.29 is 4.74 Å². The van der Waals surface area contributed by atoms with Gasteiger partial charge < -0.3 is 4.74 Å². The maximum absolute atomic E-state index is 5.42. The molecule has 0 fully saturated rings. The van der Waals surface area contributed by atoms with Gasteiger partial charge in [0.25, 0.3) is 0 Å². The molecule has 1 aliphatic heterocycles. The third kappa shape index (κ3) is 2.42. The number of ether oxygens (including phenoxy) is 1. The highest BCUT2D eigenvalue weighted by Crippen LogP contribution is 2.14. The zero-order chi connectivity index (χ0) is 7.40. The second-order valence-corrected chi connectivity index (χ2v) is 3.16. The van der Waals surface area contributed by atoms with Gasteiger partial charge in [0.15, 0.2) is 0 Å². The smallest absolute Gasteiger partial charge is 0.0804 e. The first-order chi connectivity index (χ1) is 4.83. The van der Waals surface area contributed by atoms with Gasteiger partial charge in [-0.1, -0.05) is 34.2 Å². The zero-order valence-corrected chi connectivity index (χ0v) is 8.17. The lowest BCUT2D eigenvalue weighted by molar-refractivity contribution is 0.0990. The molecule has 0 amide bonds. The summed E-state index contributed by atoms with van der Waals surface area (Å²) in [5.41, 5.74) is 1.44. The van der Waals surface area contributed by atoms with Crippen LogP contribution in [0.1, 0.15) is 13.3 Å². The molecule has 1 nitrogen and oxygen atoms in total. The minimum atomic E-state index is 0.321. The molecule has 1 atom stereocenters. The molecular formula is C8H11IO. The van der Waals surface area contributed by atoms with Gasteiger partial charge in [0.1, 0.15) is 0 Å². The standard InChI is InChI=1S/C8H11IO/c1-7-3-5-10-8(6-7)2-4-9/h2-4,8H,5-6H2,1H3/t8-/m1/s1. The van der Waals surface area contributed by atoms with Crippen LogP contribution in [0.4, 0.5) is 0 Å². The Morgan fingerprint density at radius 1 is 1.80 bits per heavy atom. The third-order valence-corrected chi connectivity index (χ3v) is 1.97. The van der Waals surface area contributed by atoms with E-state index in [9.17, 15) is 0 Å². The summed E-state index contributed by atoms with van der Waals surface area (Å²) in [5, 5.41) is 0. The van der Waals surface area contributed by atoms with Gasteiger partial charge in [0, 0.05) is 0 Å². The first-order valence-electron chi connectivity index (χ1n) is 3.37. The van der Waals surface area contributed by atoms with Crippen molar-refractivity contribution >= 4 is 22.6 Å². The summed E-state index contributed by atoms with van der Waals surface area (Å²) in [4.78, 5) is 0. The second-order valence-electron chi connectivity index (χ2n) is 2.44. The van der Waals surface area contributed by atoms with Crippen molar-refractivity contribution in [1.29, 1.82) is 0 Å². The van der Waals surface area contributed by atoms with E-state index in [2.05, 4.69) is 41.7 Å². The van der Waals surface area contributed by atoms with Gasteiger partial charge >= 0.3 is 0 Å². The molecular weight excluding hydrogens is 239 g/mol. The van der Waals surface area contributed by atoms with E-state index in [4.69, 9.17) is 4.74 Å². The van der Waals surface area contributed by atoms with Gasteiger partial charge in [-0.2, -0.15) is 0 Å². The lowest BCUT2D eigenvalue weighted by Gasteiger charge is -2.17. The molecule has 0 aliphatic carbocycles. The van der Waals surface area contributed by atoms with Crippen LogP contribution in [0.15, 0.2) is 21.8 Å². The van der Waals surface area contributed by atoms with Crippen LogP contribution in [0.25, 0.3) is 0 Å². The number of hydrogen-bond acceptors (Lipinski definition) is 1. The fourth-order valence-corrected chi connectivity index (χ4v) is 1.44. The van der Waals surface area contributed by atoms with Crippen molar-refractivity contribution in [2.45, 2.75) is 19.4 Å². The van der Waals surface area contributed by atoms with Crippen LogP contribution >= 0.6 is 22.6 Å². The van der Waals surface area contributed by atoms with Crippen molar-refractivity contribution in [2.75, 3.05) is 6.61 Å². The highest BCUT2D eigenvalue weighted by Gasteiger charge is 2.08. The monoisotopic (exact) mass is 250 g/mol. The first kappa shape index (κ1) is 8.27. The highest BCUT2D eigenvalue weighted by atomic mass is 127. The van der Waals surface area contributed by atoms with E-state index in [1.54, 1.807) is 0 Å². The Hall–Kier alpha value is 0.170. The number of rotatable bonds is 1. The molecule has 0 saturated carbocycles. The van der Waals surface area contributed by atoms with E-state index in [-0.39, 0.29) is 0 Å². The average Bonchev–Trinajstić information content (AvgIpc) is 1.88. The van der Waals surface area contributed by atoms with E-state index >= 15 is 0 Å². The van der Waals surface area contributed by atoms with E-state index in [1.807, 2.05) is 4.08 Å². The van der Waals surface area contributed by atoms with Crippen molar-refractivity contribution in [3.8, 4) is 0 Å².